The number of hydrogen-bond donors (Lipinski definition) is 2. The third-order valence-electron chi connectivity index (χ3n) is 7.95. The van der Waals surface area contributed by atoms with E-state index in [1.807, 2.05) is 31.2 Å². The summed E-state index contributed by atoms with van der Waals surface area (Å²) in [5, 5.41) is 12.5. The number of rotatable bonds is 6. The number of aliphatic carboxylic acids is 1. The number of nitrogens with zero attached hydrogens (tertiary/aromatic N) is 1. The van der Waals surface area contributed by atoms with E-state index in [4.69, 9.17) is 4.74 Å². The number of hydrogen-bond acceptors (Lipinski definition) is 4. The Balaban J connectivity index is 1.22. The largest absolute Gasteiger partial charge is 0.481 e. The summed E-state index contributed by atoms with van der Waals surface area (Å²) >= 11 is 0. The maximum absolute atomic E-state index is 13.2. The molecule has 1 heterocycles. The Morgan fingerprint density at radius 3 is 2.35 bits per heavy atom. The number of fused-ring (bicyclic) bond motifs is 4. The SMILES string of the molecule is CC[C@H](NC(=O)OCC1c2ccccc2-c2ccccc21)C(=O)N1C[C@H]2CCC[C@@]2(C(=O)O)C1. The van der Waals surface area contributed by atoms with E-state index < -0.39 is 23.5 Å². The maximum atomic E-state index is 13.2. The highest BCUT2D eigenvalue weighted by Gasteiger charge is 2.56. The minimum atomic E-state index is -0.836. The molecule has 0 radical (unpaired) electrons. The van der Waals surface area contributed by atoms with Crippen molar-refractivity contribution in [3.05, 3.63) is 59.7 Å². The zero-order chi connectivity index (χ0) is 23.9. The fourth-order valence-electron chi connectivity index (χ4n) is 6.15. The highest BCUT2D eigenvalue weighted by Crippen LogP contribution is 2.49. The first-order chi connectivity index (χ1) is 16.4. The lowest BCUT2D eigenvalue weighted by molar-refractivity contribution is -0.149. The Labute approximate surface area is 199 Å². The van der Waals surface area contributed by atoms with E-state index in [2.05, 4.69) is 29.6 Å². The molecule has 2 amide bonds. The maximum Gasteiger partial charge on any atom is 0.407 e. The van der Waals surface area contributed by atoms with Crippen LogP contribution < -0.4 is 5.32 Å². The monoisotopic (exact) mass is 462 g/mol. The molecule has 1 aliphatic heterocycles. The topological polar surface area (TPSA) is 95.9 Å². The van der Waals surface area contributed by atoms with E-state index in [1.165, 1.54) is 0 Å². The van der Waals surface area contributed by atoms with Crippen LogP contribution in [0.3, 0.4) is 0 Å². The number of carboxylic acid groups (broad SMARTS) is 1. The van der Waals surface area contributed by atoms with Gasteiger partial charge in [-0.25, -0.2) is 4.79 Å². The normalized spacial score (nSPS) is 23.7. The summed E-state index contributed by atoms with van der Waals surface area (Å²) < 4.78 is 5.60. The first-order valence-electron chi connectivity index (χ1n) is 12.1. The number of benzene rings is 2. The number of likely N-dealkylation sites (tertiary alicyclic amines) is 1. The molecule has 5 rings (SSSR count). The average molecular weight is 463 g/mol. The van der Waals surface area contributed by atoms with Crippen LogP contribution in [0.15, 0.2) is 48.5 Å². The van der Waals surface area contributed by atoms with Crippen LogP contribution >= 0.6 is 0 Å². The molecule has 0 aromatic heterocycles. The number of carboxylic acids is 1. The molecule has 7 nitrogen and oxygen atoms in total. The van der Waals surface area contributed by atoms with Crippen LogP contribution in [0.5, 0.6) is 0 Å². The van der Waals surface area contributed by atoms with Crippen LogP contribution in [0.4, 0.5) is 4.79 Å². The molecule has 34 heavy (non-hydrogen) atoms. The fraction of sp³-hybridized carbons (Fsp3) is 0.444. The molecule has 2 N–H and O–H groups in total. The zero-order valence-corrected chi connectivity index (χ0v) is 19.3. The van der Waals surface area contributed by atoms with Gasteiger partial charge in [-0.1, -0.05) is 61.9 Å². The quantitative estimate of drug-likeness (QED) is 0.676. The van der Waals surface area contributed by atoms with Crippen molar-refractivity contribution in [2.45, 2.75) is 44.6 Å². The Morgan fingerprint density at radius 2 is 1.76 bits per heavy atom. The fourth-order valence-corrected chi connectivity index (χ4v) is 6.15. The van der Waals surface area contributed by atoms with Gasteiger partial charge in [0.15, 0.2) is 0 Å². The second kappa shape index (κ2) is 8.78. The lowest BCUT2D eigenvalue weighted by Crippen LogP contribution is -2.48. The van der Waals surface area contributed by atoms with E-state index in [0.717, 1.165) is 35.1 Å². The molecule has 1 saturated carbocycles. The number of amides is 2. The summed E-state index contributed by atoms with van der Waals surface area (Å²) in [4.78, 5) is 39.4. The van der Waals surface area contributed by atoms with Gasteiger partial charge in [0.1, 0.15) is 12.6 Å². The molecule has 2 aromatic carbocycles. The Hall–Kier alpha value is -3.35. The average Bonchev–Trinajstić information content (AvgIpc) is 3.51. The van der Waals surface area contributed by atoms with Gasteiger partial charge >= 0.3 is 12.1 Å². The highest BCUT2D eigenvalue weighted by atomic mass is 16.5. The first kappa shape index (κ1) is 22.4. The molecule has 2 fully saturated rings. The zero-order valence-electron chi connectivity index (χ0n) is 19.3. The third kappa shape index (κ3) is 3.63. The van der Waals surface area contributed by atoms with Crippen molar-refractivity contribution in [2.75, 3.05) is 19.7 Å². The third-order valence-corrected chi connectivity index (χ3v) is 7.95. The molecule has 3 atom stereocenters. The van der Waals surface area contributed by atoms with Crippen molar-refractivity contribution in [3.63, 3.8) is 0 Å². The summed E-state index contributed by atoms with van der Waals surface area (Å²) in [5.74, 6) is -1.11. The standard InChI is InChI=1S/C27H30N2O5/c1-2-23(24(30)29-14-17-8-7-13-27(17,16-29)25(31)32)28-26(33)34-15-22-20-11-5-3-9-18(20)19-10-4-6-12-21(19)22/h3-6,9-12,17,22-23H,2,7-8,13-16H2,1H3,(H,28,33)(H,31,32)/t17-,23+,27-/m1/s1. The second-order valence-corrected chi connectivity index (χ2v) is 9.70. The number of ether oxygens (including phenoxy) is 1. The van der Waals surface area contributed by atoms with Gasteiger partial charge in [0, 0.05) is 19.0 Å². The van der Waals surface area contributed by atoms with E-state index in [0.29, 0.717) is 19.4 Å². The lowest BCUT2D eigenvalue weighted by atomic mass is 9.81. The summed E-state index contributed by atoms with van der Waals surface area (Å²) in [6.07, 6.45) is 2.09. The van der Waals surface area contributed by atoms with Crippen LogP contribution in [0.1, 0.15) is 49.7 Å². The Morgan fingerprint density at radius 1 is 1.12 bits per heavy atom. The van der Waals surface area contributed by atoms with Gasteiger partial charge in [-0.3, -0.25) is 9.59 Å². The van der Waals surface area contributed by atoms with E-state index in [1.54, 1.807) is 4.90 Å². The van der Waals surface area contributed by atoms with E-state index in [9.17, 15) is 19.5 Å². The van der Waals surface area contributed by atoms with Crippen LogP contribution in [0.25, 0.3) is 11.1 Å². The van der Waals surface area contributed by atoms with Crippen LogP contribution in [-0.2, 0) is 14.3 Å². The Kier molecular flexibility index (Phi) is 5.80. The Bertz CT molecular complexity index is 1090. The minimum absolute atomic E-state index is 0.0130. The van der Waals surface area contributed by atoms with E-state index in [-0.39, 0.29) is 30.9 Å². The molecule has 1 saturated heterocycles. The summed E-state index contributed by atoms with van der Waals surface area (Å²) in [5.41, 5.74) is 3.73. The van der Waals surface area contributed by atoms with Crippen molar-refractivity contribution < 1.29 is 24.2 Å². The molecular weight excluding hydrogens is 432 g/mol. The molecule has 0 spiro atoms. The first-order valence-corrected chi connectivity index (χ1v) is 12.1. The number of carbonyl (C=O) groups is 3. The van der Waals surface area contributed by atoms with Crippen molar-refractivity contribution in [3.8, 4) is 11.1 Å². The molecular formula is C27H30N2O5. The van der Waals surface area contributed by atoms with Gasteiger partial charge in [0.2, 0.25) is 5.91 Å². The van der Waals surface area contributed by atoms with Crippen LogP contribution in [-0.4, -0.2) is 53.7 Å². The van der Waals surface area contributed by atoms with Gasteiger partial charge in [0.25, 0.3) is 0 Å². The molecule has 3 aliphatic rings. The highest BCUT2D eigenvalue weighted by molar-refractivity contribution is 5.87. The van der Waals surface area contributed by atoms with Crippen LogP contribution in [0, 0.1) is 11.3 Å². The summed E-state index contributed by atoms with van der Waals surface area (Å²) in [6, 6.07) is 15.5. The predicted molar refractivity (Wildman–Crippen MR) is 126 cm³/mol. The molecule has 2 aromatic rings. The molecule has 0 unspecified atom stereocenters. The van der Waals surface area contributed by atoms with Crippen molar-refractivity contribution >= 4 is 18.0 Å². The molecule has 178 valence electrons. The van der Waals surface area contributed by atoms with Crippen LogP contribution in [0.2, 0.25) is 0 Å². The lowest BCUT2D eigenvalue weighted by Gasteiger charge is -2.26. The van der Waals surface area contributed by atoms with Crippen molar-refractivity contribution in [1.29, 1.82) is 0 Å². The summed E-state index contributed by atoms with van der Waals surface area (Å²) in [7, 11) is 0. The van der Waals surface area contributed by atoms with Gasteiger partial charge in [-0.2, -0.15) is 0 Å². The molecule has 2 aliphatic carbocycles. The second-order valence-electron chi connectivity index (χ2n) is 9.70. The predicted octanol–water partition coefficient (Wildman–Crippen LogP) is 4.02. The molecule has 0 bridgehead atoms. The van der Waals surface area contributed by atoms with Gasteiger partial charge < -0.3 is 20.1 Å². The molecule has 7 heteroatoms. The van der Waals surface area contributed by atoms with Crippen molar-refractivity contribution in [1.82, 2.24) is 10.2 Å². The van der Waals surface area contributed by atoms with E-state index >= 15 is 0 Å². The number of carbonyl (C=O) groups excluding carboxylic acids is 2. The van der Waals surface area contributed by atoms with Gasteiger partial charge in [0.05, 0.1) is 5.41 Å². The van der Waals surface area contributed by atoms with Crippen molar-refractivity contribution in [2.24, 2.45) is 11.3 Å². The smallest absolute Gasteiger partial charge is 0.407 e. The number of nitrogens with one attached hydrogen (secondary N) is 1. The van der Waals surface area contributed by atoms with Gasteiger partial charge in [-0.15, -0.1) is 0 Å². The summed E-state index contributed by atoms with van der Waals surface area (Å²) in [6.45, 7) is 2.66. The van der Waals surface area contributed by atoms with Gasteiger partial charge in [-0.05, 0) is 47.4 Å². The number of alkyl carbamates (subject to hydrolysis) is 1. The minimum Gasteiger partial charge on any atom is -0.481 e.